The Balaban J connectivity index is 1.75. The van der Waals surface area contributed by atoms with E-state index in [1.165, 1.54) is 30.0 Å². The van der Waals surface area contributed by atoms with Crippen molar-refractivity contribution in [2.75, 3.05) is 12.8 Å². The van der Waals surface area contributed by atoms with Crippen LogP contribution in [0.3, 0.4) is 0 Å². The standard InChI is InChI=1S/C25H21BrN4O8/c1-29-14(20(26)23(32)30(29)13-6-4-3-5-7-13)11-38-15-9-8-12(10-16(15)37-2)17-18(24(33)34)21(27)28-22(31)19(17)25(35)36/h3-10H,11H2,1-2H3,(H,33,34)(H,35,36)(H3,27,28,31). The molecule has 0 atom stereocenters. The van der Waals surface area contributed by atoms with Crippen LogP contribution in [0, 0.1) is 0 Å². The molecule has 2 aromatic heterocycles. The Morgan fingerprint density at radius 3 is 2.29 bits per heavy atom. The minimum absolute atomic E-state index is 0.0550. The van der Waals surface area contributed by atoms with E-state index in [-0.39, 0.29) is 34.8 Å². The molecular weight excluding hydrogens is 564 g/mol. The van der Waals surface area contributed by atoms with E-state index in [1.54, 1.807) is 23.9 Å². The number of aromatic carboxylic acids is 2. The number of aromatic amines is 1. The highest BCUT2D eigenvalue weighted by Crippen LogP contribution is 2.36. The molecule has 0 saturated heterocycles. The fraction of sp³-hybridized carbons (Fsp3) is 0.120. The number of hydrogen-bond donors (Lipinski definition) is 4. The van der Waals surface area contributed by atoms with Crippen LogP contribution in [0.5, 0.6) is 11.5 Å². The Kier molecular flexibility index (Phi) is 7.12. The Bertz CT molecular complexity index is 1690. The van der Waals surface area contributed by atoms with Crippen LogP contribution in [-0.2, 0) is 13.7 Å². The fourth-order valence-electron chi connectivity index (χ4n) is 4.06. The molecule has 0 aliphatic heterocycles. The quantitative estimate of drug-likeness (QED) is 0.242. The molecular formula is C25H21BrN4O8. The Labute approximate surface area is 222 Å². The predicted octanol–water partition coefficient (Wildman–Crippen LogP) is 2.86. The van der Waals surface area contributed by atoms with Crippen molar-refractivity contribution >= 4 is 33.7 Å². The summed E-state index contributed by atoms with van der Waals surface area (Å²) in [4.78, 5) is 51.0. The number of nitrogens with one attached hydrogen (secondary N) is 1. The lowest BCUT2D eigenvalue weighted by molar-refractivity contribution is 0.0695. The zero-order valence-corrected chi connectivity index (χ0v) is 21.6. The van der Waals surface area contributed by atoms with Gasteiger partial charge in [-0.25, -0.2) is 14.3 Å². The van der Waals surface area contributed by atoms with E-state index in [2.05, 4.69) is 20.9 Å². The van der Waals surface area contributed by atoms with E-state index < -0.39 is 34.4 Å². The van der Waals surface area contributed by atoms with Crippen molar-refractivity contribution in [2.24, 2.45) is 7.05 Å². The molecule has 2 aromatic carbocycles. The molecule has 0 saturated carbocycles. The summed E-state index contributed by atoms with van der Waals surface area (Å²) in [5.41, 5.74) is 3.89. The van der Waals surface area contributed by atoms with E-state index in [0.717, 1.165) is 0 Å². The smallest absolute Gasteiger partial charge is 0.342 e. The number of aromatic nitrogens is 3. The van der Waals surface area contributed by atoms with Gasteiger partial charge < -0.3 is 30.4 Å². The van der Waals surface area contributed by atoms with Gasteiger partial charge in [0.15, 0.2) is 11.5 Å². The maximum Gasteiger partial charge on any atom is 0.342 e. The summed E-state index contributed by atoms with van der Waals surface area (Å²) in [6, 6.07) is 13.2. The van der Waals surface area contributed by atoms with Crippen LogP contribution < -0.4 is 26.3 Å². The number of carboxylic acids is 2. The number of carbonyl (C=O) groups is 2. The number of benzene rings is 2. The highest BCUT2D eigenvalue weighted by Gasteiger charge is 2.27. The summed E-state index contributed by atoms with van der Waals surface area (Å²) in [5.74, 6) is -3.30. The zero-order chi connectivity index (χ0) is 27.7. The third-order valence-corrected chi connectivity index (χ3v) is 6.61. The Morgan fingerprint density at radius 2 is 1.68 bits per heavy atom. The third-order valence-electron chi connectivity index (χ3n) is 5.81. The number of nitrogens with two attached hydrogens (primary N) is 1. The average molecular weight is 585 g/mol. The van der Waals surface area contributed by atoms with E-state index >= 15 is 0 Å². The Hall–Kier alpha value is -4.78. The maximum atomic E-state index is 12.9. The first-order valence-corrected chi connectivity index (χ1v) is 11.7. The number of methoxy groups -OCH3 is 1. The number of ether oxygens (including phenoxy) is 2. The number of nitrogens with zero attached hydrogens (tertiary/aromatic N) is 2. The maximum absolute atomic E-state index is 12.9. The molecule has 4 rings (SSSR count). The lowest BCUT2D eigenvalue weighted by Gasteiger charge is -2.16. The minimum Gasteiger partial charge on any atom is -0.493 e. The number of pyridine rings is 1. The largest absolute Gasteiger partial charge is 0.493 e. The number of hydrogen-bond acceptors (Lipinski definition) is 7. The highest BCUT2D eigenvalue weighted by molar-refractivity contribution is 9.10. The molecule has 196 valence electrons. The molecule has 0 aliphatic rings. The first kappa shape index (κ1) is 26.3. The molecule has 0 fully saturated rings. The highest BCUT2D eigenvalue weighted by atomic mass is 79.9. The third kappa shape index (κ3) is 4.54. The van der Waals surface area contributed by atoms with Crippen molar-refractivity contribution in [3.05, 3.63) is 90.5 Å². The van der Waals surface area contributed by atoms with E-state index in [9.17, 15) is 29.4 Å². The molecule has 2 heterocycles. The lowest BCUT2D eigenvalue weighted by Crippen LogP contribution is -2.24. The van der Waals surface area contributed by atoms with Gasteiger partial charge in [-0.2, -0.15) is 0 Å². The fourth-order valence-corrected chi connectivity index (χ4v) is 4.59. The Morgan fingerprint density at radius 1 is 1.03 bits per heavy atom. The van der Waals surface area contributed by atoms with Crippen molar-refractivity contribution in [3.63, 3.8) is 0 Å². The van der Waals surface area contributed by atoms with Crippen molar-refractivity contribution in [2.45, 2.75) is 6.61 Å². The van der Waals surface area contributed by atoms with Crippen LogP contribution in [0.2, 0.25) is 0 Å². The van der Waals surface area contributed by atoms with Crippen LogP contribution in [0.25, 0.3) is 16.8 Å². The summed E-state index contributed by atoms with van der Waals surface area (Å²) < 4.78 is 14.7. The molecule has 4 aromatic rings. The lowest BCUT2D eigenvalue weighted by atomic mass is 9.95. The number of para-hydroxylation sites is 1. The monoisotopic (exact) mass is 584 g/mol. The number of rotatable bonds is 8. The normalized spacial score (nSPS) is 10.8. The van der Waals surface area contributed by atoms with Crippen LogP contribution >= 0.6 is 15.9 Å². The zero-order valence-electron chi connectivity index (χ0n) is 20.0. The predicted molar refractivity (Wildman–Crippen MR) is 140 cm³/mol. The molecule has 0 amide bonds. The van der Waals surface area contributed by atoms with Crippen LogP contribution in [0.15, 0.2) is 62.6 Å². The van der Waals surface area contributed by atoms with Crippen molar-refractivity contribution < 1.29 is 29.3 Å². The van der Waals surface area contributed by atoms with Gasteiger partial charge in [0.05, 0.1) is 18.5 Å². The van der Waals surface area contributed by atoms with Gasteiger partial charge in [-0.15, -0.1) is 0 Å². The molecule has 13 heteroatoms. The second-order valence-corrected chi connectivity index (χ2v) is 8.79. The second-order valence-electron chi connectivity index (χ2n) is 7.99. The molecule has 12 nitrogen and oxygen atoms in total. The topological polar surface area (TPSA) is 179 Å². The minimum atomic E-state index is -1.63. The van der Waals surface area contributed by atoms with E-state index in [0.29, 0.717) is 15.9 Å². The molecule has 0 aliphatic carbocycles. The van der Waals surface area contributed by atoms with Gasteiger partial charge in [-0.05, 0) is 45.8 Å². The van der Waals surface area contributed by atoms with Crippen LogP contribution in [0.4, 0.5) is 5.82 Å². The van der Waals surface area contributed by atoms with Gasteiger partial charge in [-0.1, -0.05) is 24.3 Å². The van der Waals surface area contributed by atoms with Crippen molar-refractivity contribution in [1.82, 2.24) is 14.3 Å². The van der Waals surface area contributed by atoms with Crippen molar-refractivity contribution in [3.8, 4) is 28.3 Å². The van der Waals surface area contributed by atoms with Crippen LogP contribution in [-0.4, -0.2) is 43.6 Å². The van der Waals surface area contributed by atoms with Crippen LogP contribution in [0.1, 0.15) is 26.4 Å². The van der Waals surface area contributed by atoms with Gasteiger partial charge in [0, 0.05) is 12.6 Å². The van der Waals surface area contributed by atoms with E-state index in [1.807, 2.05) is 18.2 Å². The van der Waals surface area contributed by atoms with Gasteiger partial charge in [0.2, 0.25) is 0 Å². The van der Waals surface area contributed by atoms with E-state index in [4.69, 9.17) is 15.2 Å². The summed E-state index contributed by atoms with van der Waals surface area (Å²) >= 11 is 3.34. The second kappa shape index (κ2) is 10.3. The van der Waals surface area contributed by atoms with Crippen molar-refractivity contribution in [1.29, 1.82) is 0 Å². The first-order valence-electron chi connectivity index (χ1n) is 10.9. The number of anilines is 1. The SMILES string of the molecule is COc1cc(-c2c(C(=O)O)c(N)[nH]c(=O)c2C(=O)O)ccc1OCc1c(Br)c(=O)n(-c2ccccc2)n1C. The number of nitrogen functional groups attached to an aromatic ring is 1. The first-order chi connectivity index (χ1) is 18.1. The molecule has 38 heavy (non-hydrogen) atoms. The molecule has 0 spiro atoms. The van der Waals surface area contributed by atoms with Gasteiger partial charge in [-0.3, -0.25) is 14.3 Å². The number of carboxylic acid groups (broad SMARTS) is 2. The molecule has 0 unspecified atom stereocenters. The van der Waals surface area contributed by atoms with Gasteiger partial charge in [0.25, 0.3) is 11.1 Å². The molecule has 0 bridgehead atoms. The van der Waals surface area contributed by atoms with Gasteiger partial charge >= 0.3 is 11.9 Å². The molecule has 5 N–H and O–H groups in total. The number of H-pyrrole nitrogens is 1. The average Bonchev–Trinajstić information content (AvgIpc) is 3.09. The summed E-state index contributed by atoms with van der Waals surface area (Å²) in [7, 11) is 3.04. The molecule has 0 radical (unpaired) electrons. The van der Waals surface area contributed by atoms with Gasteiger partial charge in [0.1, 0.15) is 28.0 Å². The summed E-state index contributed by atoms with van der Waals surface area (Å²) in [6.07, 6.45) is 0. The number of halogens is 1. The summed E-state index contributed by atoms with van der Waals surface area (Å²) in [5, 5.41) is 19.3. The summed E-state index contributed by atoms with van der Waals surface area (Å²) in [6.45, 7) is -0.0550.